The lowest BCUT2D eigenvalue weighted by Gasteiger charge is -2.13. The number of benzene rings is 1. The van der Waals surface area contributed by atoms with Crippen LogP contribution in [0.3, 0.4) is 0 Å². The summed E-state index contributed by atoms with van der Waals surface area (Å²) in [6.07, 6.45) is 0. The molecule has 1 unspecified atom stereocenters. The molecule has 1 aromatic rings. The van der Waals surface area contributed by atoms with Crippen LogP contribution in [0.1, 0.15) is 17.2 Å². The van der Waals surface area contributed by atoms with Crippen molar-refractivity contribution in [2.75, 3.05) is 13.7 Å². The molecule has 0 radical (unpaired) electrons. The van der Waals surface area contributed by atoms with E-state index in [1.165, 1.54) is 0 Å². The standard InChI is InChI=1S/C10H14ClNO/c1-7-3-4-8(11)5-9(7)10(12)6-13-2/h3-5,10H,6,12H2,1-2H3. The SMILES string of the molecule is COCC(N)c1cc(Cl)ccc1C. The smallest absolute Gasteiger partial charge is 0.0655 e. The van der Waals surface area contributed by atoms with Crippen molar-refractivity contribution in [1.29, 1.82) is 0 Å². The van der Waals surface area contributed by atoms with Crippen LogP contribution in [0.25, 0.3) is 0 Å². The summed E-state index contributed by atoms with van der Waals surface area (Å²) < 4.78 is 4.98. The number of rotatable bonds is 3. The van der Waals surface area contributed by atoms with E-state index < -0.39 is 0 Å². The van der Waals surface area contributed by atoms with Crippen molar-refractivity contribution in [3.05, 3.63) is 34.3 Å². The third-order valence-corrected chi connectivity index (χ3v) is 2.22. The topological polar surface area (TPSA) is 35.2 Å². The van der Waals surface area contributed by atoms with Crippen molar-refractivity contribution in [3.63, 3.8) is 0 Å². The summed E-state index contributed by atoms with van der Waals surface area (Å²) in [6, 6.07) is 5.62. The minimum absolute atomic E-state index is 0.0938. The van der Waals surface area contributed by atoms with Crippen LogP contribution in [0.2, 0.25) is 5.02 Å². The summed E-state index contributed by atoms with van der Waals surface area (Å²) in [5.41, 5.74) is 8.09. The van der Waals surface area contributed by atoms with E-state index >= 15 is 0 Å². The first kappa shape index (κ1) is 10.5. The van der Waals surface area contributed by atoms with Crippen LogP contribution in [-0.4, -0.2) is 13.7 Å². The van der Waals surface area contributed by atoms with E-state index in [1.54, 1.807) is 7.11 Å². The normalized spacial score (nSPS) is 12.9. The van der Waals surface area contributed by atoms with Crippen LogP contribution < -0.4 is 5.73 Å². The highest BCUT2D eigenvalue weighted by Gasteiger charge is 2.08. The molecule has 0 fully saturated rings. The molecule has 72 valence electrons. The molecule has 1 atom stereocenters. The second-order valence-corrected chi connectivity index (χ2v) is 3.50. The van der Waals surface area contributed by atoms with Crippen molar-refractivity contribution < 1.29 is 4.74 Å². The van der Waals surface area contributed by atoms with Gasteiger partial charge in [-0.05, 0) is 30.2 Å². The van der Waals surface area contributed by atoms with Gasteiger partial charge in [0.05, 0.1) is 12.6 Å². The van der Waals surface area contributed by atoms with Crippen LogP contribution in [0.4, 0.5) is 0 Å². The van der Waals surface area contributed by atoms with Gasteiger partial charge in [-0.15, -0.1) is 0 Å². The van der Waals surface area contributed by atoms with E-state index in [1.807, 2.05) is 25.1 Å². The minimum Gasteiger partial charge on any atom is -0.383 e. The lowest BCUT2D eigenvalue weighted by atomic mass is 10.0. The molecule has 0 amide bonds. The first-order valence-electron chi connectivity index (χ1n) is 4.15. The molecular formula is C10H14ClNO. The Kier molecular flexibility index (Phi) is 3.72. The van der Waals surface area contributed by atoms with Crippen LogP contribution in [-0.2, 0) is 4.74 Å². The average Bonchev–Trinajstić information content (AvgIpc) is 2.09. The molecule has 0 saturated heterocycles. The molecule has 1 rings (SSSR count). The molecule has 1 aromatic carbocycles. The van der Waals surface area contributed by atoms with Gasteiger partial charge in [-0.3, -0.25) is 0 Å². The molecule has 0 aliphatic carbocycles. The zero-order valence-corrected chi connectivity index (χ0v) is 8.64. The fourth-order valence-corrected chi connectivity index (χ4v) is 1.46. The van der Waals surface area contributed by atoms with Crippen LogP contribution >= 0.6 is 11.6 Å². The molecule has 0 saturated carbocycles. The van der Waals surface area contributed by atoms with Gasteiger partial charge >= 0.3 is 0 Å². The monoisotopic (exact) mass is 199 g/mol. The van der Waals surface area contributed by atoms with Gasteiger partial charge in [-0.25, -0.2) is 0 Å². The molecule has 0 aromatic heterocycles. The number of hydrogen-bond donors (Lipinski definition) is 1. The quantitative estimate of drug-likeness (QED) is 0.811. The van der Waals surface area contributed by atoms with E-state index in [0.717, 1.165) is 11.1 Å². The van der Waals surface area contributed by atoms with Crippen molar-refractivity contribution in [3.8, 4) is 0 Å². The first-order valence-corrected chi connectivity index (χ1v) is 4.53. The van der Waals surface area contributed by atoms with Crippen LogP contribution in [0.5, 0.6) is 0 Å². The molecule has 3 heteroatoms. The maximum atomic E-state index is 5.89. The molecule has 0 heterocycles. The Morgan fingerprint density at radius 1 is 1.54 bits per heavy atom. The summed E-state index contributed by atoms with van der Waals surface area (Å²) in [5.74, 6) is 0. The summed E-state index contributed by atoms with van der Waals surface area (Å²) >= 11 is 5.86. The highest BCUT2D eigenvalue weighted by atomic mass is 35.5. The van der Waals surface area contributed by atoms with Crippen molar-refractivity contribution in [2.24, 2.45) is 5.73 Å². The largest absolute Gasteiger partial charge is 0.383 e. The van der Waals surface area contributed by atoms with Gasteiger partial charge < -0.3 is 10.5 Å². The molecule has 2 nitrogen and oxygen atoms in total. The molecule has 2 N–H and O–H groups in total. The van der Waals surface area contributed by atoms with Gasteiger partial charge in [0, 0.05) is 12.1 Å². The highest BCUT2D eigenvalue weighted by Crippen LogP contribution is 2.20. The zero-order chi connectivity index (χ0) is 9.84. The van der Waals surface area contributed by atoms with Gasteiger partial charge in [0.15, 0.2) is 0 Å². The average molecular weight is 200 g/mol. The number of nitrogens with two attached hydrogens (primary N) is 1. The Morgan fingerprint density at radius 2 is 2.23 bits per heavy atom. The zero-order valence-electron chi connectivity index (χ0n) is 7.88. The maximum Gasteiger partial charge on any atom is 0.0655 e. The van der Waals surface area contributed by atoms with Crippen LogP contribution in [0, 0.1) is 6.92 Å². The van der Waals surface area contributed by atoms with Crippen molar-refractivity contribution >= 4 is 11.6 Å². The van der Waals surface area contributed by atoms with Gasteiger partial charge in [0.25, 0.3) is 0 Å². The summed E-state index contributed by atoms with van der Waals surface area (Å²) in [6.45, 7) is 2.53. The van der Waals surface area contributed by atoms with Gasteiger partial charge in [-0.2, -0.15) is 0 Å². The molecule has 0 bridgehead atoms. The Morgan fingerprint density at radius 3 is 2.85 bits per heavy atom. The Labute approximate surface area is 83.6 Å². The fraction of sp³-hybridized carbons (Fsp3) is 0.400. The third-order valence-electron chi connectivity index (χ3n) is 1.99. The van der Waals surface area contributed by atoms with Gasteiger partial charge in [0.2, 0.25) is 0 Å². The lowest BCUT2D eigenvalue weighted by molar-refractivity contribution is 0.180. The molecular weight excluding hydrogens is 186 g/mol. The molecule has 13 heavy (non-hydrogen) atoms. The predicted molar refractivity (Wildman–Crippen MR) is 55.0 cm³/mol. The summed E-state index contributed by atoms with van der Waals surface area (Å²) in [7, 11) is 1.64. The van der Waals surface area contributed by atoms with E-state index in [0.29, 0.717) is 11.6 Å². The highest BCUT2D eigenvalue weighted by molar-refractivity contribution is 6.30. The number of halogens is 1. The second-order valence-electron chi connectivity index (χ2n) is 3.06. The second kappa shape index (κ2) is 4.61. The molecule has 0 spiro atoms. The first-order chi connectivity index (χ1) is 6.15. The predicted octanol–water partition coefficient (Wildman–Crippen LogP) is 2.29. The maximum absolute atomic E-state index is 5.89. The number of ether oxygens (including phenoxy) is 1. The fourth-order valence-electron chi connectivity index (χ4n) is 1.28. The third kappa shape index (κ3) is 2.69. The van der Waals surface area contributed by atoms with Crippen LogP contribution in [0.15, 0.2) is 18.2 Å². The molecule has 0 aliphatic rings. The van der Waals surface area contributed by atoms with E-state index in [2.05, 4.69) is 0 Å². The Bertz CT molecular complexity index is 288. The van der Waals surface area contributed by atoms with Gasteiger partial charge in [-0.1, -0.05) is 17.7 Å². The number of hydrogen-bond acceptors (Lipinski definition) is 2. The number of methoxy groups -OCH3 is 1. The van der Waals surface area contributed by atoms with Crippen molar-refractivity contribution in [2.45, 2.75) is 13.0 Å². The number of aryl methyl sites for hydroxylation is 1. The van der Waals surface area contributed by atoms with Crippen molar-refractivity contribution in [1.82, 2.24) is 0 Å². The Hall–Kier alpha value is -0.570. The minimum atomic E-state index is -0.0938. The van der Waals surface area contributed by atoms with E-state index in [9.17, 15) is 0 Å². The Balaban J connectivity index is 2.91. The summed E-state index contributed by atoms with van der Waals surface area (Å²) in [4.78, 5) is 0. The molecule has 0 aliphatic heterocycles. The van der Waals surface area contributed by atoms with E-state index in [-0.39, 0.29) is 6.04 Å². The van der Waals surface area contributed by atoms with Gasteiger partial charge in [0.1, 0.15) is 0 Å². The van der Waals surface area contributed by atoms with E-state index in [4.69, 9.17) is 22.1 Å². The summed E-state index contributed by atoms with van der Waals surface area (Å²) in [5, 5.41) is 0.715. The lowest BCUT2D eigenvalue weighted by Crippen LogP contribution is -2.17.